The molecule has 0 spiro atoms. The number of methoxy groups -OCH3 is 1. The standard InChI is InChI=1S/C19H16O6/c1-11-18(12-3-5-13(23-2)6-4-12)19(22)15-8-7-14(9-16(15)25-11)24-10-17(20)21/h3-9H,10H2,1-2H3,(H,20,21). The number of aliphatic carboxylic acids is 1. The van der Waals surface area contributed by atoms with Crippen LogP contribution in [0.3, 0.4) is 0 Å². The Labute approximate surface area is 143 Å². The predicted octanol–water partition coefficient (Wildman–Crippen LogP) is 3.24. The Morgan fingerprint density at radius 3 is 2.44 bits per heavy atom. The highest BCUT2D eigenvalue weighted by molar-refractivity contribution is 5.84. The molecular formula is C19H16O6. The van der Waals surface area contributed by atoms with Gasteiger partial charge in [-0.3, -0.25) is 4.79 Å². The van der Waals surface area contributed by atoms with Crippen LogP contribution in [0.4, 0.5) is 0 Å². The molecule has 2 aromatic carbocycles. The smallest absolute Gasteiger partial charge is 0.341 e. The first-order valence-corrected chi connectivity index (χ1v) is 7.56. The van der Waals surface area contributed by atoms with Crippen LogP contribution in [-0.2, 0) is 4.79 Å². The summed E-state index contributed by atoms with van der Waals surface area (Å²) in [5, 5.41) is 9.07. The molecule has 0 aliphatic heterocycles. The number of carboxylic acid groups (broad SMARTS) is 1. The topological polar surface area (TPSA) is 86.0 Å². The van der Waals surface area contributed by atoms with Crippen LogP contribution in [-0.4, -0.2) is 24.8 Å². The third-order valence-electron chi connectivity index (χ3n) is 3.78. The second-order valence-electron chi connectivity index (χ2n) is 5.43. The summed E-state index contributed by atoms with van der Waals surface area (Å²) in [5.74, 6) is 0.423. The number of carboxylic acids is 1. The molecule has 0 unspecified atom stereocenters. The molecule has 0 bridgehead atoms. The summed E-state index contributed by atoms with van der Waals surface area (Å²) >= 11 is 0. The van der Waals surface area contributed by atoms with Crippen molar-refractivity contribution < 1.29 is 23.8 Å². The van der Waals surface area contributed by atoms with Gasteiger partial charge in [-0.1, -0.05) is 12.1 Å². The van der Waals surface area contributed by atoms with Crippen LogP contribution >= 0.6 is 0 Å². The van der Waals surface area contributed by atoms with E-state index in [2.05, 4.69) is 0 Å². The van der Waals surface area contributed by atoms with E-state index in [9.17, 15) is 9.59 Å². The number of carbonyl (C=O) groups is 1. The largest absolute Gasteiger partial charge is 0.497 e. The van der Waals surface area contributed by atoms with Crippen molar-refractivity contribution in [3.05, 3.63) is 58.4 Å². The summed E-state index contributed by atoms with van der Waals surface area (Å²) in [6.07, 6.45) is 0. The van der Waals surface area contributed by atoms with Crippen LogP contribution in [0.1, 0.15) is 5.76 Å². The van der Waals surface area contributed by atoms with Gasteiger partial charge in [-0.15, -0.1) is 0 Å². The van der Waals surface area contributed by atoms with Crippen LogP contribution < -0.4 is 14.9 Å². The predicted molar refractivity (Wildman–Crippen MR) is 92.3 cm³/mol. The number of ether oxygens (including phenoxy) is 2. The molecule has 0 saturated carbocycles. The van der Waals surface area contributed by atoms with Crippen molar-refractivity contribution in [3.63, 3.8) is 0 Å². The highest BCUT2D eigenvalue weighted by Gasteiger charge is 2.14. The van der Waals surface area contributed by atoms with Crippen molar-refractivity contribution in [3.8, 4) is 22.6 Å². The maximum absolute atomic E-state index is 12.9. The third kappa shape index (κ3) is 3.33. The molecular weight excluding hydrogens is 324 g/mol. The van der Waals surface area contributed by atoms with Gasteiger partial charge in [0.1, 0.15) is 22.8 Å². The zero-order chi connectivity index (χ0) is 18.0. The second-order valence-corrected chi connectivity index (χ2v) is 5.43. The minimum absolute atomic E-state index is 0.159. The van der Waals surface area contributed by atoms with Gasteiger partial charge in [0, 0.05) is 6.07 Å². The fraction of sp³-hybridized carbons (Fsp3) is 0.158. The first-order valence-electron chi connectivity index (χ1n) is 7.56. The van der Waals surface area contributed by atoms with Gasteiger partial charge >= 0.3 is 5.97 Å². The molecule has 0 radical (unpaired) electrons. The molecule has 6 heteroatoms. The molecule has 0 amide bonds. The fourth-order valence-corrected chi connectivity index (χ4v) is 2.61. The summed E-state index contributed by atoms with van der Waals surface area (Å²) in [7, 11) is 1.58. The Kier molecular flexibility index (Phi) is 4.43. The van der Waals surface area contributed by atoms with Gasteiger partial charge in [0.15, 0.2) is 6.61 Å². The fourth-order valence-electron chi connectivity index (χ4n) is 2.61. The van der Waals surface area contributed by atoms with Gasteiger partial charge in [0.05, 0.1) is 18.1 Å². The van der Waals surface area contributed by atoms with Crippen molar-refractivity contribution in [1.82, 2.24) is 0 Å². The number of benzene rings is 2. The van der Waals surface area contributed by atoms with Crippen LogP contribution in [0.2, 0.25) is 0 Å². The number of aryl methyl sites for hydroxylation is 1. The minimum atomic E-state index is -1.08. The number of hydrogen-bond donors (Lipinski definition) is 1. The average molecular weight is 340 g/mol. The van der Waals surface area contributed by atoms with E-state index in [-0.39, 0.29) is 5.43 Å². The van der Waals surface area contributed by atoms with E-state index in [1.165, 1.54) is 6.07 Å². The normalized spacial score (nSPS) is 10.6. The molecule has 1 aromatic heterocycles. The van der Waals surface area contributed by atoms with Crippen LogP contribution in [0.25, 0.3) is 22.1 Å². The van der Waals surface area contributed by atoms with Crippen LogP contribution in [0.15, 0.2) is 51.7 Å². The molecule has 0 aliphatic rings. The lowest BCUT2D eigenvalue weighted by molar-refractivity contribution is -0.139. The maximum atomic E-state index is 12.9. The minimum Gasteiger partial charge on any atom is -0.497 e. The number of fused-ring (bicyclic) bond motifs is 1. The lowest BCUT2D eigenvalue weighted by Gasteiger charge is -2.09. The highest BCUT2D eigenvalue weighted by atomic mass is 16.5. The summed E-state index contributed by atoms with van der Waals surface area (Å²) in [6.45, 7) is 1.25. The Balaban J connectivity index is 2.07. The van der Waals surface area contributed by atoms with E-state index < -0.39 is 12.6 Å². The third-order valence-corrected chi connectivity index (χ3v) is 3.78. The van der Waals surface area contributed by atoms with Crippen LogP contribution in [0.5, 0.6) is 11.5 Å². The van der Waals surface area contributed by atoms with Gasteiger partial charge in [-0.2, -0.15) is 0 Å². The molecule has 25 heavy (non-hydrogen) atoms. The number of rotatable bonds is 5. The van der Waals surface area contributed by atoms with Crippen molar-refractivity contribution in [1.29, 1.82) is 0 Å². The van der Waals surface area contributed by atoms with Gasteiger partial charge in [-0.05, 0) is 36.8 Å². The lowest BCUT2D eigenvalue weighted by atomic mass is 10.0. The first kappa shape index (κ1) is 16.6. The molecule has 0 aliphatic carbocycles. The molecule has 0 saturated heterocycles. The van der Waals surface area contributed by atoms with Gasteiger partial charge in [0.25, 0.3) is 0 Å². The Morgan fingerprint density at radius 1 is 1.12 bits per heavy atom. The van der Waals surface area contributed by atoms with Gasteiger partial charge in [-0.25, -0.2) is 4.79 Å². The Bertz CT molecular complexity index is 985. The van der Waals surface area contributed by atoms with E-state index in [0.717, 1.165) is 5.56 Å². The number of hydrogen-bond acceptors (Lipinski definition) is 5. The quantitative estimate of drug-likeness (QED) is 0.767. The average Bonchev–Trinajstić information content (AvgIpc) is 2.60. The molecule has 3 aromatic rings. The molecule has 128 valence electrons. The second kappa shape index (κ2) is 6.68. The van der Waals surface area contributed by atoms with Crippen LogP contribution in [0, 0.1) is 6.92 Å². The molecule has 1 heterocycles. The highest BCUT2D eigenvalue weighted by Crippen LogP contribution is 2.27. The van der Waals surface area contributed by atoms with E-state index in [0.29, 0.717) is 33.8 Å². The van der Waals surface area contributed by atoms with E-state index in [1.54, 1.807) is 50.4 Å². The molecule has 3 rings (SSSR count). The Hall–Kier alpha value is -3.28. The SMILES string of the molecule is COc1ccc(-c2c(C)oc3cc(OCC(=O)O)ccc3c2=O)cc1. The lowest BCUT2D eigenvalue weighted by Crippen LogP contribution is -2.10. The van der Waals surface area contributed by atoms with Crippen molar-refractivity contribution in [2.45, 2.75) is 6.92 Å². The van der Waals surface area contributed by atoms with E-state index in [4.69, 9.17) is 19.0 Å². The Morgan fingerprint density at radius 2 is 1.80 bits per heavy atom. The zero-order valence-corrected chi connectivity index (χ0v) is 13.7. The molecule has 6 nitrogen and oxygen atoms in total. The van der Waals surface area contributed by atoms with Gasteiger partial charge in [0.2, 0.25) is 5.43 Å². The first-order chi connectivity index (χ1) is 12.0. The van der Waals surface area contributed by atoms with Crippen molar-refractivity contribution in [2.24, 2.45) is 0 Å². The van der Waals surface area contributed by atoms with Crippen molar-refractivity contribution >= 4 is 16.9 Å². The van der Waals surface area contributed by atoms with Gasteiger partial charge < -0.3 is 19.0 Å². The molecule has 0 atom stereocenters. The summed E-state index contributed by atoms with van der Waals surface area (Å²) in [6, 6.07) is 11.8. The van der Waals surface area contributed by atoms with E-state index in [1.807, 2.05) is 0 Å². The zero-order valence-electron chi connectivity index (χ0n) is 13.7. The monoisotopic (exact) mass is 340 g/mol. The van der Waals surface area contributed by atoms with E-state index >= 15 is 0 Å². The summed E-state index contributed by atoms with van der Waals surface area (Å²) in [4.78, 5) is 23.4. The maximum Gasteiger partial charge on any atom is 0.341 e. The summed E-state index contributed by atoms with van der Waals surface area (Å²) < 4.78 is 16.0. The summed E-state index contributed by atoms with van der Waals surface area (Å²) in [5.41, 5.74) is 1.41. The molecule has 0 fully saturated rings. The van der Waals surface area contributed by atoms with Crippen molar-refractivity contribution in [2.75, 3.05) is 13.7 Å². The molecule has 1 N–H and O–H groups in total.